The smallest absolute Gasteiger partial charge is 0.545 e. The molecule has 0 amide bonds. The first-order valence-corrected chi connectivity index (χ1v) is 11.1. The second kappa shape index (κ2) is 29.2. The number of carbonyl (C=O) groups is 6. The Morgan fingerprint density at radius 1 is 0.447 bits per heavy atom. The topological polar surface area (TPSA) is 241 Å². The summed E-state index contributed by atoms with van der Waals surface area (Å²) in [7, 11) is 0. The van der Waals surface area contributed by atoms with E-state index in [0.29, 0.717) is 37.5 Å². The molecule has 0 atom stereocenters. The van der Waals surface area contributed by atoms with Crippen molar-refractivity contribution in [1.29, 1.82) is 0 Å². The van der Waals surface area contributed by atoms with E-state index >= 15 is 0 Å². The first-order valence-electron chi connectivity index (χ1n) is 11.1. The molecule has 0 spiro atoms. The van der Waals surface area contributed by atoms with E-state index in [2.05, 4.69) is 0 Å². The number of carbonyl (C=O) groups excluding carboxylic acids is 6. The Morgan fingerprint density at radius 2 is 0.632 bits per heavy atom. The maximum absolute atomic E-state index is 10.3. The number of aliphatic carboxylic acids is 6. The Labute approximate surface area is 256 Å². The van der Waals surface area contributed by atoms with E-state index in [0.717, 1.165) is 19.3 Å². The number of hydrogen-bond acceptors (Lipinski definition) is 12. The van der Waals surface area contributed by atoms with Crippen LogP contribution < -0.4 is 30.6 Å². The molecule has 0 aromatic carbocycles. The molecule has 208 valence electrons. The van der Waals surface area contributed by atoms with Gasteiger partial charge >= 0.3 is 48.9 Å². The van der Waals surface area contributed by atoms with Gasteiger partial charge in [-0.05, 0) is 73.5 Å². The first kappa shape index (κ1) is 45.6. The van der Waals surface area contributed by atoms with Crippen molar-refractivity contribution in [3.8, 4) is 0 Å². The molecule has 0 aromatic heterocycles. The van der Waals surface area contributed by atoms with Crippen molar-refractivity contribution < 1.29 is 59.4 Å². The first-order chi connectivity index (χ1) is 16.7. The summed E-state index contributed by atoms with van der Waals surface area (Å²) < 4.78 is 0. The van der Waals surface area contributed by atoms with Crippen LogP contribution in [0, 0.1) is 0 Å². The fourth-order valence-electron chi connectivity index (χ4n) is 2.23. The Balaban J connectivity index is -0.000000140. The predicted molar refractivity (Wildman–Crippen MR) is 124 cm³/mol. The standard InChI is InChI=1S/3C8H12O4.2Sb/c3*1-2-3-4-6(8(11)12)5-7(9)10;;/h3*5H,2-4H2,1H3,(H,9,10)(H,11,12);;/q;;;2*+3/p-6/b3*6-5-;;. The maximum Gasteiger partial charge on any atom is 3.00 e. The Kier molecular flexibility index (Phi) is 35.1. The fraction of sp³-hybridized carbons (Fsp3) is 0.500. The second-order valence-corrected chi connectivity index (χ2v) is 7.14. The summed E-state index contributed by atoms with van der Waals surface area (Å²) in [6.07, 6.45) is 6.67. The van der Waals surface area contributed by atoms with E-state index in [1.165, 1.54) is 0 Å². The van der Waals surface area contributed by atoms with Gasteiger partial charge in [0.2, 0.25) is 0 Å². The van der Waals surface area contributed by atoms with E-state index in [1.807, 2.05) is 20.8 Å². The van der Waals surface area contributed by atoms with Crippen molar-refractivity contribution in [2.45, 2.75) is 78.6 Å². The zero-order valence-electron chi connectivity index (χ0n) is 21.4. The number of rotatable bonds is 15. The van der Waals surface area contributed by atoms with Crippen molar-refractivity contribution in [2.75, 3.05) is 0 Å². The third-order valence-electron chi connectivity index (χ3n) is 4.06. The van der Waals surface area contributed by atoms with Crippen LogP contribution in [-0.2, 0) is 28.8 Å². The summed E-state index contributed by atoms with van der Waals surface area (Å²) in [4.78, 5) is 60.8. The molecule has 0 aromatic rings. The number of hydrogen-bond donors (Lipinski definition) is 0. The molecule has 0 fully saturated rings. The minimum Gasteiger partial charge on any atom is -0.545 e. The summed E-state index contributed by atoms with van der Waals surface area (Å²) in [6, 6.07) is 0. The van der Waals surface area contributed by atoms with Crippen LogP contribution in [0.4, 0.5) is 0 Å². The van der Waals surface area contributed by atoms with Gasteiger partial charge in [0.05, 0.1) is 35.8 Å². The molecule has 0 unspecified atom stereocenters. The van der Waals surface area contributed by atoms with Crippen LogP contribution in [0.3, 0.4) is 0 Å². The van der Waals surface area contributed by atoms with Crippen molar-refractivity contribution in [1.82, 2.24) is 0 Å². The van der Waals surface area contributed by atoms with Gasteiger partial charge < -0.3 is 59.4 Å². The number of unbranched alkanes of at least 4 members (excludes halogenated alkanes) is 3. The fourth-order valence-corrected chi connectivity index (χ4v) is 2.23. The van der Waals surface area contributed by atoms with Gasteiger partial charge in [-0.25, -0.2) is 0 Å². The van der Waals surface area contributed by atoms with Crippen LogP contribution in [0.5, 0.6) is 0 Å². The predicted octanol–water partition coefficient (Wildman–Crippen LogP) is -4.95. The van der Waals surface area contributed by atoms with Crippen molar-refractivity contribution in [3.63, 3.8) is 0 Å². The molecule has 0 rings (SSSR count). The van der Waals surface area contributed by atoms with Gasteiger partial charge in [0, 0.05) is 0 Å². The minimum absolute atomic E-state index is 0. The van der Waals surface area contributed by atoms with Gasteiger partial charge in [0.15, 0.2) is 0 Å². The molecule has 0 saturated carbocycles. The minimum atomic E-state index is -1.50. The third kappa shape index (κ3) is 31.7. The molecule has 4 radical (unpaired) electrons. The molecular weight excluding hydrogens is 724 g/mol. The Morgan fingerprint density at radius 3 is 0.737 bits per heavy atom. The SMILES string of the molecule is CCCC/C(=C/C(=O)[O-])C(=O)[O-].CCCC/C(=C/C(=O)[O-])C(=O)[O-].CCCC/C(=C/C(=O)[O-])C(=O)[O-].[Sb+3].[Sb+3]. The molecule has 38 heavy (non-hydrogen) atoms. The third-order valence-corrected chi connectivity index (χ3v) is 4.06. The molecule has 14 heteroatoms. The summed E-state index contributed by atoms with van der Waals surface area (Å²) in [5, 5.41) is 60.8. The molecule has 0 aliphatic rings. The second-order valence-electron chi connectivity index (χ2n) is 7.14. The van der Waals surface area contributed by atoms with Gasteiger partial charge in [0.25, 0.3) is 0 Å². The molecule has 0 heterocycles. The van der Waals surface area contributed by atoms with Crippen molar-refractivity contribution in [3.05, 3.63) is 34.9 Å². The van der Waals surface area contributed by atoms with Gasteiger partial charge in [-0.15, -0.1) is 0 Å². The van der Waals surface area contributed by atoms with E-state index in [-0.39, 0.29) is 84.8 Å². The van der Waals surface area contributed by atoms with Crippen LogP contribution >= 0.6 is 0 Å². The van der Waals surface area contributed by atoms with E-state index in [9.17, 15) is 59.4 Å². The van der Waals surface area contributed by atoms with Gasteiger partial charge in [0.1, 0.15) is 0 Å². The largest absolute Gasteiger partial charge is 3.00 e. The maximum atomic E-state index is 10.3. The van der Waals surface area contributed by atoms with Gasteiger partial charge in [-0.3, -0.25) is 0 Å². The molecular formula is C24H30O12Sb2. The van der Waals surface area contributed by atoms with Crippen LogP contribution in [0.1, 0.15) is 78.6 Å². The van der Waals surface area contributed by atoms with E-state index in [4.69, 9.17) is 0 Å². The van der Waals surface area contributed by atoms with Crippen LogP contribution in [-0.4, -0.2) is 84.7 Å². The van der Waals surface area contributed by atoms with Gasteiger partial charge in [-0.1, -0.05) is 40.0 Å². The van der Waals surface area contributed by atoms with Gasteiger partial charge in [-0.2, -0.15) is 0 Å². The zero-order valence-corrected chi connectivity index (χ0v) is 26.5. The average Bonchev–Trinajstić information content (AvgIpc) is 2.76. The van der Waals surface area contributed by atoms with Crippen LogP contribution in [0.15, 0.2) is 34.9 Å². The molecule has 0 aliphatic heterocycles. The van der Waals surface area contributed by atoms with Crippen molar-refractivity contribution in [2.24, 2.45) is 0 Å². The van der Waals surface area contributed by atoms with Crippen LogP contribution in [0.2, 0.25) is 0 Å². The Hall–Kier alpha value is -2.32. The molecule has 0 N–H and O–H groups in total. The molecule has 12 nitrogen and oxygen atoms in total. The average molecular weight is 754 g/mol. The number of carboxylic acid groups (broad SMARTS) is 6. The summed E-state index contributed by atoms with van der Waals surface area (Å²) in [5.41, 5.74) is -0.634. The Bertz CT molecular complexity index is 736. The molecule has 0 saturated heterocycles. The number of carboxylic acids is 6. The van der Waals surface area contributed by atoms with E-state index in [1.54, 1.807) is 0 Å². The normalized spacial score (nSPS) is 10.7. The van der Waals surface area contributed by atoms with E-state index < -0.39 is 35.8 Å². The zero-order chi connectivity index (χ0) is 28.7. The van der Waals surface area contributed by atoms with Crippen LogP contribution in [0.25, 0.3) is 0 Å². The monoisotopic (exact) mass is 752 g/mol. The summed E-state index contributed by atoms with van der Waals surface area (Å²) >= 11 is 0. The molecule has 0 aliphatic carbocycles. The quantitative estimate of drug-likeness (QED) is 0.113. The summed E-state index contributed by atoms with van der Waals surface area (Å²) in [5.74, 6) is -8.80. The van der Waals surface area contributed by atoms with Crippen molar-refractivity contribution >= 4 is 84.7 Å². The molecule has 0 bridgehead atoms. The summed E-state index contributed by atoms with van der Waals surface area (Å²) in [6.45, 7) is 5.64.